The van der Waals surface area contributed by atoms with Gasteiger partial charge in [-0.15, -0.1) is 0 Å². The molecule has 2 aromatic carbocycles. The summed E-state index contributed by atoms with van der Waals surface area (Å²) in [5, 5.41) is 2.88. The molecule has 1 aromatic heterocycles. The molecular formula is C24H25N3O2. The van der Waals surface area contributed by atoms with Crippen molar-refractivity contribution < 1.29 is 9.59 Å². The average molecular weight is 387 g/mol. The van der Waals surface area contributed by atoms with Gasteiger partial charge in [0.05, 0.1) is 0 Å². The van der Waals surface area contributed by atoms with Gasteiger partial charge in [0.1, 0.15) is 5.69 Å². The number of nitrogens with one attached hydrogen (secondary N) is 1. The molecule has 1 N–H and O–H groups in total. The van der Waals surface area contributed by atoms with Crippen LogP contribution < -0.4 is 5.32 Å². The molecule has 29 heavy (non-hydrogen) atoms. The van der Waals surface area contributed by atoms with Crippen LogP contribution in [0.1, 0.15) is 44.5 Å². The number of carbonyl (C=O) groups excluding carboxylic acids is 2. The van der Waals surface area contributed by atoms with Crippen molar-refractivity contribution in [3.63, 3.8) is 0 Å². The summed E-state index contributed by atoms with van der Waals surface area (Å²) in [7, 11) is 0. The Morgan fingerprint density at radius 1 is 1.00 bits per heavy atom. The van der Waals surface area contributed by atoms with Crippen LogP contribution in [0.4, 0.5) is 5.69 Å². The first kappa shape index (κ1) is 20.3. The maximum atomic E-state index is 13.0. The Morgan fingerprint density at radius 2 is 1.76 bits per heavy atom. The number of amides is 2. The molecule has 148 valence electrons. The van der Waals surface area contributed by atoms with E-state index in [4.69, 9.17) is 0 Å². The minimum Gasteiger partial charge on any atom is -0.335 e. The van der Waals surface area contributed by atoms with Crippen molar-refractivity contribution in [2.45, 2.75) is 27.3 Å². The molecule has 0 saturated heterocycles. The Bertz CT molecular complexity index is 1020. The van der Waals surface area contributed by atoms with Crippen LogP contribution in [0.25, 0.3) is 0 Å². The number of carbonyl (C=O) groups is 2. The van der Waals surface area contributed by atoms with E-state index in [2.05, 4.69) is 10.3 Å². The summed E-state index contributed by atoms with van der Waals surface area (Å²) in [4.78, 5) is 31.5. The van der Waals surface area contributed by atoms with E-state index < -0.39 is 0 Å². The zero-order valence-corrected chi connectivity index (χ0v) is 17.0. The predicted molar refractivity (Wildman–Crippen MR) is 115 cm³/mol. The fourth-order valence-electron chi connectivity index (χ4n) is 3.14. The number of hydrogen-bond acceptors (Lipinski definition) is 3. The average Bonchev–Trinajstić information content (AvgIpc) is 2.74. The Hall–Kier alpha value is -3.47. The highest BCUT2D eigenvalue weighted by Gasteiger charge is 2.17. The van der Waals surface area contributed by atoms with Crippen molar-refractivity contribution >= 4 is 17.5 Å². The molecule has 3 aromatic rings. The van der Waals surface area contributed by atoms with E-state index in [0.29, 0.717) is 18.7 Å². The highest BCUT2D eigenvalue weighted by atomic mass is 16.2. The van der Waals surface area contributed by atoms with Gasteiger partial charge in [-0.05, 0) is 50.1 Å². The second-order valence-corrected chi connectivity index (χ2v) is 7.01. The molecule has 0 radical (unpaired) electrons. The number of pyridine rings is 1. The third kappa shape index (κ3) is 5.08. The SMILES string of the molecule is CCN(Cc1ccccc1)C(=O)c1ccnc(C(=O)Nc2ccc(C)cc2C)c1. The van der Waals surface area contributed by atoms with Gasteiger partial charge >= 0.3 is 0 Å². The van der Waals surface area contributed by atoms with Crippen LogP contribution in [-0.2, 0) is 6.54 Å². The maximum absolute atomic E-state index is 13.0. The smallest absolute Gasteiger partial charge is 0.274 e. The summed E-state index contributed by atoms with van der Waals surface area (Å²) in [5.74, 6) is -0.461. The summed E-state index contributed by atoms with van der Waals surface area (Å²) >= 11 is 0. The molecule has 2 amide bonds. The van der Waals surface area contributed by atoms with Gasteiger partial charge in [0.25, 0.3) is 11.8 Å². The zero-order valence-electron chi connectivity index (χ0n) is 17.0. The van der Waals surface area contributed by atoms with Crippen LogP contribution in [0.2, 0.25) is 0 Å². The molecular weight excluding hydrogens is 362 g/mol. The third-order valence-electron chi connectivity index (χ3n) is 4.75. The van der Waals surface area contributed by atoms with Gasteiger partial charge < -0.3 is 10.2 Å². The van der Waals surface area contributed by atoms with Crippen molar-refractivity contribution in [1.29, 1.82) is 0 Å². The van der Waals surface area contributed by atoms with E-state index in [1.807, 2.05) is 69.3 Å². The second-order valence-electron chi connectivity index (χ2n) is 7.01. The zero-order chi connectivity index (χ0) is 20.8. The van der Waals surface area contributed by atoms with Gasteiger partial charge in [-0.1, -0.05) is 48.0 Å². The monoisotopic (exact) mass is 387 g/mol. The van der Waals surface area contributed by atoms with Crippen molar-refractivity contribution in [1.82, 2.24) is 9.88 Å². The lowest BCUT2D eigenvalue weighted by Crippen LogP contribution is -2.30. The molecule has 0 aliphatic rings. The molecule has 0 unspecified atom stereocenters. The highest BCUT2D eigenvalue weighted by Crippen LogP contribution is 2.17. The maximum Gasteiger partial charge on any atom is 0.274 e. The topological polar surface area (TPSA) is 62.3 Å². The first-order chi connectivity index (χ1) is 14.0. The van der Waals surface area contributed by atoms with E-state index in [1.54, 1.807) is 17.0 Å². The van der Waals surface area contributed by atoms with E-state index in [9.17, 15) is 9.59 Å². The summed E-state index contributed by atoms with van der Waals surface area (Å²) < 4.78 is 0. The summed E-state index contributed by atoms with van der Waals surface area (Å²) in [6.45, 7) is 6.97. The molecule has 0 bridgehead atoms. The molecule has 0 fully saturated rings. The molecule has 0 aliphatic carbocycles. The van der Waals surface area contributed by atoms with Crippen LogP contribution in [0, 0.1) is 13.8 Å². The van der Waals surface area contributed by atoms with Crippen LogP contribution in [0.5, 0.6) is 0 Å². The molecule has 5 heteroatoms. The molecule has 1 heterocycles. The van der Waals surface area contributed by atoms with Crippen molar-refractivity contribution in [2.75, 3.05) is 11.9 Å². The number of nitrogens with zero attached hydrogens (tertiary/aromatic N) is 2. The fourth-order valence-corrected chi connectivity index (χ4v) is 3.14. The molecule has 0 aliphatic heterocycles. The van der Waals surface area contributed by atoms with Gasteiger partial charge in [0.15, 0.2) is 0 Å². The Morgan fingerprint density at radius 3 is 2.45 bits per heavy atom. The molecule has 0 spiro atoms. The number of hydrogen-bond donors (Lipinski definition) is 1. The standard InChI is InChI=1S/C24H25N3O2/c1-4-27(16-19-8-6-5-7-9-19)24(29)20-12-13-25-22(15-20)23(28)26-21-11-10-17(2)14-18(21)3/h5-15H,4,16H2,1-3H3,(H,26,28). The Balaban J connectivity index is 1.77. The molecule has 0 saturated carbocycles. The van der Waals surface area contributed by atoms with Gasteiger partial charge in [-0.25, -0.2) is 0 Å². The van der Waals surface area contributed by atoms with Gasteiger partial charge in [-0.2, -0.15) is 0 Å². The van der Waals surface area contributed by atoms with Gasteiger partial charge in [-0.3, -0.25) is 14.6 Å². The molecule has 0 atom stereocenters. The second kappa shape index (κ2) is 9.15. The summed E-state index contributed by atoms with van der Waals surface area (Å²) in [6.07, 6.45) is 1.50. The van der Waals surface area contributed by atoms with Crippen LogP contribution in [-0.4, -0.2) is 28.2 Å². The van der Waals surface area contributed by atoms with E-state index in [0.717, 1.165) is 22.4 Å². The predicted octanol–water partition coefficient (Wildman–Crippen LogP) is 4.61. The largest absolute Gasteiger partial charge is 0.335 e. The van der Waals surface area contributed by atoms with E-state index in [-0.39, 0.29) is 17.5 Å². The normalized spacial score (nSPS) is 10.4. The van der Waals surface area contributed by atoms with Crippen molar-refractivity contribution in [3.8, 4) is 0 Å². The van der Waals surface area contributed by atoms with Gasteiger partial charge in [0.2, 0.25) is 0 Å². The minimum absolute atomic E-state index is 0.126. The molecule has 3 rings (SSSR count). The lowest BCUT2D eigenvalue weighted by atomic mass is 10.1. The Labute approximate surface area is 171 Å². The lowest BCUT2D eigenvalue weighted by molar-refractivity contribution is 0.0752. The van der Waals surface area contributed by atoms with E-state index in [1.165, 1.54) is 6.20 Å². The first-order valence-electron chi connectivity index (χ1n) is 9.65. The lowest BCUT2D eigenvalue weighted by Gasteiger charge is -2.21. The molecule has 5 nitrogen and oxygen atoms in total. The van der Waals surface area contributed by atoms with Crippen LogP contribution in [0.15, 0.2) is 66.9 Å². The van der Waals surface area contributed by atoms with Crippen molar-refractivity contribution in [3.05, 3.63) is 94.8 Å². The number of rotatable bonds is 6. The first-order valence-corrected chi connectivity index (χ1v) is 9.65. The van der Waals surface area contributed by atoms with Gasteiger partial charge in [0, 0.05) is 30.5 Å². The van der Waals surface area contributed by atoms with E-state index >= 15 is 0 Å². The quantitative estimate of drug-likeness (QED) is 0.672. The number of benzene rings is 2. The van der Waals surface area contributed by atoms with Crippen molar-refractivity contribution in [2.24, 2.45) is 0 Å². The highest BCUT2D eigenvalue weighted by molar-refractivity contribution is 6.05. The van der Waals surface area contributed by atoms with Crippen LogP contribution >= 0.6 is 0 Å². The van der Waals surface area contributed by atoms with Crippen LogP contribution in [0.3, 0.4) is 0 Å². The summed E-state index contributed by atoms with van der Waals surface area (Å²) in [5.41, 5.74) is 4.56. The third-order valence-corrected chi connectivity index (χ3v) is 4.75. The summed E-state index contributed by atoms with van der Waals surface area (Å²) in [6, 6.07) is 18.9. The Kier molecular flexibility index (Phi) is 6.39. The number of aryl methyl sites for hydroxylation is 2. The minimum atomic E-state index is -0.335. The number of anilines is 1. The fraction of sp³-hybridized carbons (Fsp3) is 0.208. The number of aromatic nitrogens is 1.